The van der Waals surface area contributed by atoms with Gasteiger partial charge in [0.25, 0.3) is 0 Å². The highest BCUT2D eigenvalue weighted by atomic mass is 16.3. The molecule has 4 heteroatoms. The van der Waals surface area contributed by atoms with Gasteiger partial charge in [0, 0.05) is 27.5 Å². The second-order valence-corrected chi connectivity index (χ2v) is 13.4. The van der Waals surface area contributed by atoms with E-state index in [9.17, 15) is 0 Å². The molecule has 0 bridgehead atoms. The molecule has 1 aliphatic rings. The quantitative estimate of drug-likeness (QED) is 0.175. The lowest BCUT2D eigenvalue weighted by Crippen LogP contribution is -2.02. The number of benzene rings is 7. The average Bonchev–Trinajstić information content (AvgIpc) is 3.63. The normalized spacial score (nSPS) is 12.8. The maximum atomic E-state index is 6.46. The van der Waals surface area contributed by atoms with Crippen LogP contribution in [0, 0.1) is 0 Å². The Labute approximate surface area is 307 Å². The number of hydrogen-bond donors (Lipinski definition) is 0. The molecule has 0 fully saturated rings. The molecule has 53 heavy (non-hydrogen) atoms. The van der Waals surface area contributed by atoms with E-state index in [2.05, 4.69) is 140 Å². The second-order valence-electron chi connectivity index (χ2n) is 13.4. The van der Waals surface area contributed by atoms with Gasteiger partial charge in [0.15, 0.2) is 17.5 Å². The van der Waals surface area contributed by atoms with Gasteiger partial charge in [-0.3, -0.25) is 0 Å². The highest BCUT2D eigenvalue weighted by molar-refractivity contribution is 6.15. The van der Waals surface area contributed by atoms with Crippen LogP contribution in [0.1, 0.15) is 18.4 Å². The van der Waals surface area contributed by atoms with Crippen LogP contribution in [0.5, 0.6) is 0 Å². The molecular formula is C49H33N3O. The first-order valence-electron chi connectivity index (χ1n) is 18.1. The molecule has 0 amide bonds. The first kappa shape index (κ1) is 30.9. The van der Waals surface area contributed by atoms with Crippen LogP contribution in [-0.4, -0.2) is 15.0 Å². The number of fused-ring (bicyclic) bond motifs is 4. The minimum absolute atomic E-state index is 0.597. The molecule has 2 heterocycles. The van der Waals surface area contributed by atoms with Crippen molar-refractivity contribution in [3.63, 3.8) is 0 Å². The molecular weight excluding hydrogens is 647 g/mol. The minimum atomic E-state index is 0.597. The second kappa shape index (κ2) is 13.0. The van der Waals surface area contributed by atoms with Crippen LogP contribution in [0.15, 0.2) is 180 Å². The summed E-state index contributed by atoms with van der Waals surface area (Å²) in [5.74, 6) is 1.84. The number of rotatable bonds is 6. The molecule has 0 spiro atoms. The van der Waals surface area contributed by atoms with Gasteiger partial charge in [0.1, 0.15) is 11.2 Å². The van der Waals surface area contributed by atoms with Crippen LogP contribution >= 0.6 is 0 Å². The smallest absolute Gasteiger partial charge is 0.165 e. The first-order chi connectivity index (χ1) is 26.3. The maximum Gasteiger partial charge on any atom is 0.165 e. The van der Waals surface area contributed by atoms with Crippen molar-refractivity contribution < 1.29 is 4.42 Å². The molecule has 4 nitrogen and oxygen atoms in total. The van der Waals surface area contributed by atoms with Crippen molar-refractivity contribution in [2.24, 2.45) is 0 Å². The zero-order valence-corrected chi connectivity index (χ0v) is 28.9. The lowest BCUT2D eigenvalue weighted by atomic mass is 9.92. The van der Waals surface area contributed by atoms with E-state index in [4.69, 9.17) is 19.4 Å². The predicted molar refractivity (Wildman–Crippen MR) is 218 cm³/mol. The number of nitrogens with zero attached hydrogens (tertiary/aromatic N) is 3. The molecule has 0 N–H and O–H groups in total. The number of aromatic nitrogens is 3. The summed E-state index contributed by atoms with van der Waals surface area (Å²) < 4.78 is 6.46. The Morgan fingerprint density at radius 3 is 1.74 bits per heavy atom. The van der Waals surface area contributed by atoms with Crippen molar-refractivity contribution in [3.05, 3.63) is 182 Å². The van der Waals surface area contributed by atoms with E-state index in [1.165, 1.54) is 22.1 Å². The van der Waals surface area contributed by atoms with Crippen molar-refractivity contribution in [1.29, 1.82) is 0 Å². The summed E-state index contributed by atoms with van der Waals surface area (Å²) in [6, 6.07) is 54.8. The number of para-hydroxylation sites is 1. The van der Waals surface area contributed by atoms with Gasteiger partial charge >= 0.3 is 0 Å². The zero-order chi connectivity index (χ0) is 35.1. The molecule has 1 aliphatic carbocycles. The van der Waals surface area contributed by atoms with Gasteiger partial charge in [0.05, 0.1) is 0 Å². The summed E-state index contributed by atoms with van der Waals surface area (Å²) >= 11 is 0. The number of hydrogen-bond acceptors (Lipinski definition) is 4. The summed E-state index contributed by atoms with van der Waals surface area (Å²) in [4.78, 5) is 15.9. The van der Waals surface area contributed by atoms with E-state index in [1.807, 2.05) is 36.4 Å². The predicted octanol–water partition coefficient (Wildman–Crippen LogP) is 13.0. The van der Waals surface area contributed by atoms with Gasteiger partial charge in [-0.1, -0.05) is 152 Å². The Hall–Kier alpha value is -6.91. The molecule has 7 aromatic carbocycles. The highest BCUT2D eigenvalue weighted by Crippen LogP contribution is 2.43. The van der Waals surface area contributed by atoms with E-state index < -0.39 is 0 Å². The monoisotopic (exact) mass is 679 g/mol. The van der Waals surface area contributed by atoms with E-state index in [1.54, 1.807) is 0 Å². The van der Waals surface area contributed by atoms with E-state index in [-0.39, 0.29) is 0 Å². The van der Waals surface area contributed by atoms with Crippen molar-refractivity contribution in [3.8, 4) is 56.4 Å². The van der Waals surface area contributed by atoms with E-state index >= 15 is 0 Å². The average molecular weight is 680 g/mol. The van der Waals surface area contributed by atoms with Gasteiger partial charge in [-0.2, -0.15) is 0 Å². The third-order valence-corrected chi connectivity index (χ3v) is 10.2. The fraction of sp³-hybridized carbons (Fsp3) is 0.0408. The lowest BCUT2D eigenvalue weighted by molar-refractivity contribution is 0.669. The molecule has 10 rings (SSSR count). The fourth-order valence-electron chi connectivity index (χ4n) is 7.65. The zero-order valence-electron chi connectivity index (χ0n) is 28.9. The first-order valence-corrected chi connectivity index (χ1v) is 18.1. The molecule has 0 radical (unpaired) electrons. The van der Waals surface area contributed by atoms with E-state index in [0.717, 1.165) is 73.5 Å². The molecule has 0 aliphatic heterocycles. The van der Waals surface area contributed by atoms with Crippen LogP contribution in [-0.2, 0) is 0 Å². The van der Waals surface area contributed by atoms with Gasteiger partial charge in [-0.25, -0.2) is 15.0 Å². The Bertz CT molecular complexity index is 2870. The third-order valence-electron chi connectivity index (χ3n) is 10.2. The SMILES string of the molecule is C1=CC(c2ccc(-c3nc(-c4ccccc4)nc(-c4c(-c5ccc(-c6ccccc6)cc5)ccc5oc6ccccc6c45)n3)c3ccccc23)=CCC1. The molecule has 0 saturated heterocycles. The standard InChI is InChI=1S/C49H33N3O/c1-4-14-32(15-5-1)33-24-26-35(27-25-33)38-30-31-44-45(42-22-12-13-23-43(42)53-44)46(38)49-51-47(36-18-8-3-9-19-36)50-48(52-49)41-29-28-37(34-16-6-2-7-17-34)39-20-10-11-21-40(39)41/h1,3-6,8-31H,2,7H2. The van der Waals surface area contributed by atoms with Gasteiger partial charge in [-0.15, -0.1) is 0 Å². The highest BCUT2D eigenvalue weighted by Gasteiger charge is 2.23. The molecule has 0 saturated carbocycles. The van der Waals surface area contributed by atoms with Crippen molar-refractivity contribution in [2.45, 2.75) is 12.8 Å². The largest absolute Gasteiger partial charge is 0.456 e. The van der Waals surface area contributed by atoms with E-state index in [0.29, 0.717) is 17.5 Å². The Balaban J connectivity index is 1.24. The van der Waals surface area contributed by atoms with Crippen LogP contribution in [0.3, 0.4) is 0 Å². The van der Waals surface area contributed by atoms with Gasteiger partial charge < -0.3 is 4.42 Å². The maximum absolute atomic E-state index is 6.46. The summed E-state index contributed by atoms with van der Waals surface area (Å²) in [7, 11) is 0. The Kier molecular flexibility index (Phi) is 7.58. The van der Waals surface area contributed by atoms with Crippen molar-refractivity contribution in [1.82, 2.24) is 15.0 Å². The van der Waals surface area contributed by atoms with Crippen LogP contribution in [0.2, 0.25) is 0 Å². The van der Waals surface area contributed by atoms with Gasteiger partial charge in [0.2, 0.25) is 0 Å². The van der Waals surface area contributed by atoms with Crippen LogP contribution < -0.4 is 0 Å². The summed E-state index contributed by atoms with van der Waals surface area (Å²) in [6.07, 6.45) is 8.95. The van der Waals surface area contributed by atoms with Crippen LogP contribution in [0.25, 0.3) is 94.7 Å². The third kappa shape index (κ3) is 5.53. The molecule has 0 atom stereocenters. The topological polar surface area (TPSA) is 51.8 Å². The lowest BCUT2D eigenvalue weighted by Gasteiger charge is -2.16. The summed E-state index contributed by atoms with van der Waals surface area (Å²) in [6.45, 7) is 0. The minimum Gasteiger partial charge on any atom is -0.456 e. The van der Waals surface area contributed by atoms with Crippen molar-refractivity contribution in [2.75, 3.05) is 0 Å². The van der Waals surface area contributed by atoms with Gasteiger partial charge in [-0.05, 0) is 81.3 Å². The number of furan rings is 1. The summed E-state index contributed by atoms with van der Waals surface area (Å²) in [5, 5.41) is 4.28. The Morgan fingerprint density at radius 2 is 0.981 bits per heavy atom. The van der Waals surface area contributed by atoms with Crippen molar-refractivity contribution >= 4 is 38.3 Å². The molecule has 9 aromatic rings. The summed E-state index contributed by atoms with van der Waals surface area (Å²) in [5.41, 5.74) is 11.3. The molecule has 250 valence electrons. The fourth-order valence-corrected chi connectivity index (χ4v) is 7.65. The molecule has 0 unspecified atom stereocenters. The number of allylic oxidation sites excluding steroid dienone is 4. The Morgan fingerprint density at radius 1 is 0.396 bits per heavy atom. The molecule has 2 aromatic heterocycles. The van der Waals surface area contributed by atoms with Crippen LogP contribution in [0.4, 0.5) is 0 Å².